The Balaban J connectivity index is 2.15. The molecular weight excluding hydrogens is 142 g/mol. The zero-order valence-electron chi connectivity index (χ0n) is 7.21. The molecule has 11 heavy (non-hydrogen) atoms. The van der Waals surface area contributed by atoms with Gasteiger partial charge in [-0.3, -0.25) is 0 Å². The van der Waals surface area contributed by atoms with E-state index in [1.807, 2.05) is 0 Å². The van der Waals surface area contributed by atoms with Crippen LogP contribution in [-0.2, 0) is 4.74 Å². The number of rotatable bonds is 3. The van der Waals surface area contributed by atoms with Crippen LogP contribution in [0.4, 0.5) is 0 Å². The van der Waals surface area contributed by atoms with Crippen molar-refractivity contribution in [3.8, 4) is 0 Å². The van der Waals surface area contributed by atoms with Gasteiger partial charge in [-0.15, -0.1) is 0 Å². The zero-order chi connectivity index (χ0) is 8.27. The second-order valence-corrected chi connectivity index (χ2v) is 3.23. The molecule has 66 valence electrons. The fraction of sp³-hybridized carbons (Fsp3) is 1.00. The normalized spacial score (nSPS) is 34.1. The lowest BCUT2D eigenvalue weighted by Crippen LogP contribution is -2.38. The highest BCUT2D eigenvalue weighted by Gasteiger charge is 2.23. The van der Waals surface area contributed by atoms with Crippen LogP contribution in [0, 0.1) is 0 Å². The van der Waals surface area contributed by atoms with Crippen molar-refractivity contribution >= 4 is 0 Å². The SMILES string of the molecule is CC(O)CN[C@@H]1CCO[C@@H]1C. The highest BCUT2D eigenvalue weighted by Crippen LogP contribution is 2.11. The Labute approximate surface area is 67.7 Å². The summed E-state index contributed by atoms with van der Waals surface area (Å²) in [7, 11) is 0. The topological polar surface area (TPSA) is 41.5 Å². The van der Waals surface area contributed by atoms with Crippen molar-refractivity contribution in [2.24, 2.45) is 0 Å². The Bertz CT molecular complexity index is 117. The summed E-state index contributed by atoms with van der Waals surface area (Å²) < 4.78 is 5.35. The van der Waals surface area contributed by atoms with Crippen LogP contribution >= 0.6 is 0 Å². The molecule has 3 heteroatoms. The van der Waals surface area contributed by atoms with E-state index in [0.29, 0.717) is 18.7 Å². The highest BCUT2D eigenvalue weighted by molar-refractivity contribution is 4.79. The van der Waals surface area contributed by atoms with Crippen LogP contribution in [0.15, 0.2) is 0 Å². The van der Waals surface area contributed by atoms with Gasteiger partial charge < -0.3 is 15.2 Å². The average Bonchev–Trinajstić information content (AvgIpc) is 2.31. The monoisotopic (exact) mass is 159 g/mol. The van der Waals surface area contributed by atoms with Crippen LogP contribution in [-0.4, -0.2) is 36.5 Å². The predicted molar refractivity (Wildman–Crippen MR) is 43.5 cm³/mol. The van der Waals surface area contributed by atoms with Crippen molar-refractivity contribution in [1.82, 2.24) is 5.32 Å². The molecule has 1 unspecified atom stereocenters. The second kappa shape index (κ2) is 4.04. The predicted octanol–water partition coefficient (Wildman–Crippen LogP) is 0.134. The number of aliphatic hydroxyl groups excluding tert-OH is 1. The van der Waals surface area contributed by atoms with E-state index in [-0.39, 0.29) is 6.10 Å². The van der Waals surface area contributed by atoms with Gasteiger partial charge in [0.1, 0.15) is 0 Å². The van der Waals surface area contributed by atoms with Gasteiger partial charge in [0, 0.05) is 19.2 Å². The summed E-state index contributed by atoms with van der Waals surface area (Å²) in [6.07, 6.45) is 1.10. The largest absolute Gasteiger partial charge is 0.392 e. The quantitative estimate of drug-likeness (QED) is 0.615. The van der Waals surface area contributed by atoms with Crippen molar-refractivity contribution in [1.29, 1.82) is 0 Å². The van der Waals surface area contributed by atoms with Crippen LogP contribution in [0.25, 0.3) is 0 Å². The number of hydrogen-bond acceptors (Lipinski definition) is 3. The standard InChI is InChI=1S/C8H17NO2/c1-6(10)5-9-8-3-4-11-7(8)2/h6-10H,3-5H2,1-2H3/t6?,7-,8-/m1/s1. The molecule has 3 nitrogen and oxygen atoms in total. The smallest absolute Gasteiger partial charge is 0.0700 e. The first-order chi connectivity index (χ1) is 5.20. The number of nitrogens with one attached hydrogen (secondary N) is 1. The van der Waals surface area contributed by atoms with Crippen molar-refractivity contribution in [3.05, 3.63) is 0 Å². The lowest BCUT2D eigenvalue weighted by molar-refractivity contribution is 0.108. The maximum atomic E-state index is 9.00. The van der Waals surface area contributed by atoms with Crippen LogP contribution in [0.1, 0.15) is 20.3 Å². The third kappa shape index (κ3) is 2.77. The van der Waals surface area contributed by atoms with E-state index in [1.54, 1.807) is 6.92 Å². The highest BCUT2D eigenvalue weighted by atomic mass is 16.5. The minimum atomic E-state index is -0.261. The van der Waals surface area contributed by atoms with E-state index in [0.717, 1.165) is 13.0 Å². The van der Waals surface area contributed by atoms with Crippen molar-refractivity contribution in [2.45, 2.75) is 38.5 Å². The van der Waals surface area contributed by atoms with Gasteiger partial charge in [0.15, 0.2) is 0 Å². The lowest BCUT2D eigenvalue weighted by Gasteiger charge is -2.16. The summed E-state index contributed by atoms with van der Waals surface area (Å²) >= 11 is 0. The molecule has 1 rings (SSSR count). The van der Waals surface area contributed by atoms with E-state index in [9.17, 15) is 0 Å². The summed E-state index contributed by atoms with van der Waals surface area (Å²) in [5.74, 6) is 0. The molecular formula is C8H17NO2. The molecule has 1 fully saturated rings. The zero-order valence-corrected chi connectivity index (χ0v) is 7.21. The Morgan fingerprint density at radius 2 is 2.45 bits per heavy atom. The Morgan fingerprint density at radius 1 is 1.73 bits per heavy atom. The van der Waals surface area contributed by atoms with E-state index in [4.69, 9.17) is 9.84 Å². The minimum Gasteiger partial charge on any atom is -0.392 e. The summed E-state index contributed by atoms with van der Waals surface area (Å²) in [5.41, 5.74) is 0. The van der Waals surface area contributed by atoms with Gasteiger partial charge in [0.25, 0.3) is 0 Å². The van der Waals surface area contributed by atoms with Gasteiger partial charge in [0.2, 0.25) is 0 Å². The Morgan fingerprint density at radius 3 is 2.91 bits per heavy atom. The second-order valence-electron chi connectivity index (χ2n) is 3.23. The third-order valence-corrected chi connectivity index (χ3v) is 2.05. The molecule has 1 aliphatic heterocycles. The van der Waals surface area contributed by atoms with Crippen molar-refractivity contribution in [2.75, 3.05) is 13.2 Å². The summed E-state index contributed by atoms with van der Waals surface area (Å²) in [5, 5.41) is 12.3. The molecule has 1 aliphatic rings. The number of ether oxygens (including phenoxy) is 1. The van der Waals surface area contributed by atoms with Gasteiger partial charge in [-0.2, -0.15) is 0 Å². The van der Waals surface area contributed by atoms with Gasteiger partial charge in [-0.25, -0.2) is 0 Å². The first-order valence-corrected chi connectivity index (χ1v) is 4.23. The first-order valence-electron chi connectivity index (χ1n) is 4.23. The molecule has 0 aliphatic carbocycles. The van der Waals surface area contributed by atoms with E-state index in [2.05, 4.69) is 12.2 Å². The van der Waals surface area contributed by atoms with Gasteiger partial charge in [0.05, 0.1) is 12.2 Å². The van der Waals surface area contributed by atoms with Crippen LogP contribution in [0.3, 0.4) is 0 Å². The molecule has 1 saturated heterocycles. The third-order valence-electron chi connectivity index (χ3n) is 2.05. The maximum Gasteiger partial charge on any atom is 0.0700 e. The van der Waals surface area contributed by atoms with Crippen molar-refractivity contribution < 1.29 is 9.84 Å². The maximum absolute atomic E-state index is 9.00. The summed E-state index contributed by atoms with van der Waals surface area (Å²) in [6, 6.07) is 0.435. The summed E-state index contributed by atoms with van der Waals surface area (Å²) in [4.78, 5) is 0. The number of aliphatic hydroxyl groups is 1. The fourth-order valence-corrected chi connectivity index (χ4v) is 1.32. The molecule has 0 aromatic heterocycles. The molecule has 0 aromatic rings. The van der Waals surface area contributed by atoms with Crippen molar-refractivity contribution in [3.63, 3.8) is 0 Å². The molecule has 0 aromatic carbocycles. The lowest BCUT2D eigenvalue weighted by atomic mass is 10.1. The molecule has 0 bridgehead atoms. The number of hydrogen-bond donors (Lipinski definition) is 2. The van der Waals surface area contributed by atoms with E-state index < -0.39 is 0 Å². The molecule has 0 amide bonds. The van der Waals surface area contributed by atoms with Crippen LogP contribution in [0.5, 0.6) is 0 Å². The minimum absolute atomic E-state index is 0.261. The average molecular weight is 159 g/mol. The molecule has 0 spiro atoms. The molecule has 1 heterocycles. The molecule has 0 saturated carbocycles. The Hall–Kier alpha value is -0.120. The Kier molecular flexibility index (Phi) is 3.30. The van der Waals surface area contributed by atoms with E-state index >= 15 is 0 Å². The van der Waals surface area contributed by atoms with Gasteiger partial charge in [-0.1, -0.05) is 0 Å². The first kappa shape index (κ1) is 8.97. The molecule has 0 radical (unpaired) electrons. The van der Waals surface area contributed by atoms with Crippen LogP contribution < -0.4 is 5.32 Å². The summed E-state index contributed by atoms with van der Waals surface area (Å²) in [6.45, 7) is 5.36. The van der Waals surface area contributed by atoms with E-state index in [1.165, 1.54) is 0 Å². The van der Waals surface area contributed by atoms with Gasteiger partial charge >= 0.3 is 0 Å². The van der Waals surface area contributed by atoms with Gasteiger partial charge in [-0.05, 0) is 20.3 Å². The molecule has 3 atom stereocenters. The van der Waals surface area contributed by atoms with Crippen LogP contribution in [0.2, 0.25) is 0 Å². The molecule has 2 N–H and O–H groups in total. The fourth-order valence-electron chi connectivity index (χ4n) is 1.32.